The third kappa shape index (κ3) is 7.40. The first-order chi connectivity index (χ1) is 20.1. The highest BCUT2D eigenvalue weighted by Gasteiger charge is 2.35. The van der Waals surface area contributed by atoms with Crippen LogP contribution in [0.25, 0.3) is 0 Å². The predicted molar refractivity (Wildman–Crippen MR) is 168 cm³/mol. The van der Waals surface area contributed by atoms with E-state index in [9.17, 15) is 18.0 Å². The number of aryl methyl sites for hydroxylation is 3. The van der Waals surface area contributed by atoms with Crippen molar-refractivity contribution in [3.63, 3.8) is 0 Å². The monoisotopic (exact) mass is 589 g/mol. The van der Waals surface area contributed by atoms with Crippen LogP contribution < -0.4 is 9.62 Å². The molecule has 3 aromatic rings. The topological polar surface area (TPSA) is 86.8 Å². The first kappa shape index (κ1) is 31.3. The van der Waals surface area contributed by atoms with Gasteiger partial charge in [-0.25, -0.2) is 8.42 Å². The zero-order chi connectivity index (χ0) is 30.3. The van der Waals surface area contributed by atoms with Gasteiger partial charge in [-0.05, 0) is 68.9 Å². The lowest BCUT2D eigenvalue weighted by atomic mass is 10.1. The molecule has 42 heavy (non-hydrogen) atoms. The molecule has 1 atom stereocenters. The molecule has 1 saturated carbocycles. The molecule has 0 radical (unpaired) electrons. The van der Waals surface area contributed by atoms with Crippen LogP contribution in [0, 0.1) is 13.8 Å². The minimum atomic E-state index is -4.10. The van der Waals surface area contributed by atoms with Crippen LogP contribution in [0.1, 0.15) is 68.2 Å². The second-order valence-corrected chi connectivity index (χ2v) is 13.1. The van der Waals surface area contributed by atoms with E-state index in [2.05, 4.69) is 5.32 Å². The molecular formula is C34H43N3O4S. The van der Waals surface area contributed by atoms with Crippen molar-refractivity contribution in [2.45, 2.75) is 89.7 Å². The lowest BCUT2D eigenvalue weighted by Gasteiger charge is -2.34. The van der Waals surface area contributed by atoms with Crippen molar-refractivity contribution in [1.29, 1.82) is 0 Å². The molecule has 0 bridgehead atoms. The number of hydrogen-bond donors (Lipinski definition) is 1. The van der Waals surface area contributed by atoms with Gasteiger partial charge in [0.2, 0.25) is 11.8 Å². The second kappa shape index (κ2) is 14.0. The molecule has 2 amide bonds. The number of carbonyl (C=O) groups excluding carboxylic acids is 2. The van der Waals surface area contributed by atoms with Crippen molar-refractivity contribution in [1.82, 2.24) is 10.2 Å². The van der Waals surface area contributed by atoms with E-state index < -0.39 is 28.5 Å². The Morgan fingerprint density at radius 1 is 0.881 bits per heavy atom. The van der Waals surface area contributed by atoms with Crippen molar-refractivity contribution in [3.8, 4) is 0 Å². The Morgan fingerprint density at radius 2 is 1.48 bits per heavy atom. The van der Waals surface area contributed by atoms with Gasteiger partial charge in [-0.2, -0.15) is 0 Å². The standard InChI is InChI=1S/C34H43N3O4S/c1-5-28-11-7-10-14-32(28)37(42(40,41)30-21-17-26(4)18-22-30)24-33(38)36(23-27-19-15-25(3)16-20-27)31(6-2)34(39)35-29-12-8-9-13-29/h7,10-11,14-22,29,31H,5-6,8-9,12-13,23-24H2,1-4H3,(H,35,39). The Balaban J connectivity index is 1.74. The van der Waals surface area contributed by atoms with Crippen LogP contribution in [0.2, 0.25) is 0 Å². The lowest BCUT2D eigenvalue weighted by Crippen LogP contribution is -2.53. The molecule has 1 fully saturated rings. The highest BCUT2D eigenvalue weighted by Crippen LogP contribution is 2.29. The summed E-state index contributed by atoms with van der Waals surface area (Å²) in [6, 6.07) is 21.2. The minimum Gasteiger partial charge on any atom is -0.352 e. The van der Waals surface area contributed by atoms with Crippen LogP contribution in [0.15, 0.2) is 77.7 Å². The number of benzene rings is 3. The number of sulfonamides is 1. The van der Waals surface area contributed by atoms with E-state index in [0.29, 0.717) is 18.5 Å². The summed E-state index contributed by atoms with van der Waals surface area (Å²) in [6.07, 6.45) is 5.03. The fourth-order valence-corrected chi connectivity index (χ4v) is 7.03. The molecule has 7 nitrogen and oxygen atoms in total. The highest BCUT2D eigenvalue weighted by molar-refractivity contribution is 7.92. The molecule has 1 aliphatic carbocycles. The highest BCUT2D eigenvalue weighted by atomic mass is 32.2. The van der Waals surface area contributed by atoms with Gasteiger partial charge in [0.25, 0.3) is 10.0 Å². The molecule has 8 heteroatoms. The predicted octanol–water partition coefficient (Wildman–Crippen LogP) is 5.93. The van der Waals surface area contributed by atoms with E-state index in [4.69, 9.17) is 0 Å². The molecular weight excluding hydrogens is 546 g/mol. The Labute approximate surface area is 251 Å². The number of amides is 2. The summed E-state index contributed by atoms with van der Waals surface area (Å²) in [5.41, 5.74) is 4.19. The Morgan fingerprint density at radius 3 is 2.07 bits per heavy atom. The van der Waals surface area contributed by atoms with Gasteiger partial charge in [0.15, 0.2) is 0 Å². The molecule has 3 aromatic carbocycles. The van der Waals surface area contributed by atoms with Gasteiger partial charge in [0, 0.05) is 12.6 Å². The summed E-state index contributed by atoms with van der Waals surface area (Å²) in [7, 11) is -4.10. The molecule has 224 valence electrons. The van der Waals surface area contributed by atoms with Gasteiger partial charge >= 0.3 is 0 Å². The fraction of sp³-hybridized carbons (Fsp3) is 0.412. The third-order valence-electron chi connectivity index (χ3n) is 8.09. The molecule has 1 aliphatic rings. The first-order valence-corrected chi connectivity index (χ1v) is 16.4. The molecule has 4 rings (SSSR count). The maximum atomic E-state index is 14.3. The summed E-state index contributed by atoms with van der Waals surface area (Å²) in [5, 5.41) is 3.16. The van der Waals surface area contributed by atoms with Crippen LogP contribution in [0.3, 0.4) is 0 Å². The van der Waals surface area contributed by atoms with E-state index in [1.807, 2.05) is 64.1 Å². The van der Waals surface area contributed by atoms with Gasteiger partial charge in [-0.1, -0.05) is 92.4 Å². The van der Waals surface area contributed by atoms with E-state index in [1.54, 1.807) is 41.3 Å². The van der Waals surface area contributed by atoms with Crippen molar-refractivity contribution in [2.75, 3.05) is 10.8 Å². The maximum absolute atomic E-state index is 14.3. The Kier molecular flexibility index (Phi) is 10.4. The van der Waals surface area contributed by atoms with Crippen LogP contribution in [-0.4, -0.2) is 43.8 Å². The van der Waals surface area contributed by atoms with Crippen LogP contribution in [0.4, 0.5) is 5.69 Å². The lowest BCUT2D eigenvalue weighted by molar-refractivity contribution is -0.140. The molecule has 0 aromatic heterocycles. The summed E-state index contributed by atoms with van der Waals surface area (Å²) in [6.45, 7) is 7.52. The molecule has 0 spiro atoms. The average molecular weight is 590 g/mol. The number of nitrogens with one attached hydrogen (secondary N) is 1. The second-order valence-electron chi connectivity index (χ2n) is 11.2. The summed E-state index contributed by atoms with van der Waals surface area (Å²) < 4.78 is 29.5. The van der Waals surface area contributed by atoms with E-state index in [0.717, 1.165) is 47.9 Å². The minimum absolute atomic E-state index is 0.109. The normalized spacial score (nSPS) is 14.4. The zero-order valence-corrected chi connectivity index (χ0v) is 26.0. The van der Waals surface area contributed by atoms with E-state index >= 15 is 0 Å². The molecule has 1 unspecified atom stereocenters. The van der Waals surface area contributed by atoms with Gasteiger partial charge in [0.05, 0.1) is 10.6 Å². The number of nitrogens with zero attached hydrogens (tertiary/aromatic N) is 2. The molecule has 1 N–H and O–H groups in total. The number of para-hydroxylation sites is 1. The Hall–Kier alpha value is -3.65. The molecule has 0 aliphatic heterocycles. The van der Waals surface area contributed by atoms with E-state index in [-0.39, 0.29) is 23.4 Å². The van der Waals surface area contributed by atoms with Crippen molar-refractivity contribution < 1.29 is 18.0 Å². The summed E-state index contributed by atoms with van der Waals surface area (Å²) >= 11 is 0. The number of anilines is 1. The first-order valence-electron chi connectivity index (χ1n) is 15.0. The summed E-state index contributed by atoms with van der Waals surface area (Å²) in [4.78, 5) is 29.6. The van der Waals surface area contributed by atoms with E-state index in [1.165, 1.54) is 4.31 Å². The van der Waals surface area contributed by atoms with Crippen LogP contribution in [0.5, 0.6) is 0 Å². The summed E-state index contributed by atoms with van der Waals surface area (Å²) in [5.74, 6) is -0.614. The third-order valence-corrected chi connectivity index (χ3v) is 9.86. The number of rotatable bonds is 12. The molecule has 0 saturated heterocycles. The van der Waals surface area contributed by atoms with Crippen molar-refractivity contribution >= 4 is 27.5 Å². The quantitative estimate of drug-likeness (QED) is 0.284. The van der Waals surface area contributed by atoms with Crippen molar-refractivity contribution in [3.05, 3.63) is 95.1 Å². The average Bonchev–Trinajstić information content (AvgIpc) is 3.50. The van der Waals surface area contributed by atoms with Crippen LogP contribution in [-0.2, 0) is 32.6 Å². The maximum Gasteiger partial charge on any atom is 0.264 e. The molecule has 0 heterocycles. The van der Waals surface area contributed by atoms with Crippen molar-refractivity contribution in [2.24, 2.45) is 0 Å². The smallest absolute Gasteiger partial charge is 0.264 e. The van der Waals surface area contributed by atoms with Gasteiger partial charge in [-0.3, -0.25) is 13.9 Å². The fourth-order valence-electron chi connectivity index (χ4n) is 5.58. The zero-order valence-electron chi connectivity index (χ0n) is 25.2. The van der Waals surface area contributed by atoms with Gasteiger partial charge < -0.3 is 10.2 Å². The van der Waals surface area contributed by atoms with Gasteiger partial charge in [0.1, 0.15) is 12.6 Å². The Bertz CT molecular complexity index is 1460. The number of hydrogen-bond acceptors (Lipinski definition) is 4. The van der Waals surface area contributed by atoms with Gasteiger partial charge in [-0.15, -0.1) is 0 Å². The largest absolute Gasteiger partial charge is 0.352 e. The van der Waals surface area contributed by atoms with Crippen LogP contribution >= 0.6 is 0 Å². The number of carbonyl (C=O) groups is 2. The SMILES string of the molecule is CCc1ccccc1N(CC(=O)N(Cc1ccc(C)cc1)C(CC)C(=O)NC1CCCC1)S(=O)(=O)c1ccc(C)cc1.